The molecule has 3 heterocycles. The number of fused-ring (bicyclic) bond motifs is 15. The van der Waals surface area contributed by atoms with Gasteiger partial charge in [0.2, 0.25) is 0 Å². The molecule has 276 valence electrons. The Hall–Kier alpha value is -6.98. The lowest BCUT2D eigenvalue weighted by atomic mass is 9.66. The number of anilines is 3. The Morgan fingerprint density at radius 3 is 1.78 bits per heavy atom. The van der Waals surface area contributed by atoms with Crippen LogP contribution in [-0.4, -0.2) is 0 Å². The van der Waals surface area contributed by atoms with E-state index in [1.54, 1.807) is 0 Å². The second-order valence-corrected chi connectivity index (χ2v) is 17.7. The molecule has 1 aliphatic heterocycles. The largest absolute Gasteiger partial charge is 0.454 e. The van der Waals surface area contributed by atoms with Gasteiger partial charge in [-0.05, 0) is 88.0 Å². The molecule has 0 saturated carbocycles. The number of benzene rings is 9. The van der Waals surface area contributed by atoms with Gasteiger partial charge in [0.25, 0.3) is 0 Å². The summed E-state index contributed by atoms with van der Waals surface area (Å²) >= 11 is 3.71. The SMILES string of the molecule is c1ccc(-c2cccc3sc4ccc(N(c5cccc6c5Oc5ccccc5C65c6ccccc6-c6ccccc65)c5cccc6sc7ccccc7c56)cc4c23)cc1. The smallest absolute Gasteiger partial charge is 0.156 e. The molecule has 0 amide bonds. The fourth-order valence-electron chi connectivity index (χ4n) is 10.2. The third-order valence-electron chi connectivity index (χ3n) is 12.5. The van der Waals surface area contributed by atoms with Crippen LogP contribution in [0.1, 0.15) is 22.3 Å². The van der Waals surface area contributed by atoms with E-state index in [9.17, 15) is 0 Å². The third kappa shape index (κ3) is 4.56. The molecule has 0 bridgehead atoms. The van der Waals surface area contributed by atoms with Crippen LogP contribution in [0.15, 0.2) is 200 Å². The van der Waals surface area contributed by atoms with Crippen molar-refractivity contribution >= 4 is 80.1 Å². The van der Waals surface area contributed by atoms with Crippen LogP contribution in [0.4, 0.5) is 17.1 Å². The molecule has 0 radical (unpaired) electrons. The van der Waals surface area contributed by atoms with Crippen molar-refractivity contribution < 1.29 is 4.74 Å². The number of rotatable bonds is 4. The van der Waals surface area contributed by atoms with Gasteiger partial charge in [-0.1, -0.05) is 146 Å². The van der Waals surface area contributed by atoms with E-state index in [1.165, 1.54) is 79.3 Å². The van der Waals surface area contributed by atoms with Gasteiger partial charge in [-0.2, -0.15) is 0 Å². The van der Waals surface area contributed by atoms with Crippen LogP contribution < -0.4 is 9.64 Å². The average Bonchev–Trinajstić information content (AvgIpc) is 3.96. The summed E-state index contributed by atoms with van der Waals surface area (Å²) in [6.45, 7) is 0. The Labute approximate surface area is 349 Å². The van der Waals surface area contributed by atoms with Crippen LogP contribution in [0.2, 0.25) is 0 Å². The van der Waals surface area contributed by atoms with Crippen LogP contribution in [-0.2, 0) is 5.41 Å². The predicted octanol–water partition coefficient (Wildman–Crippen LogP) is 16.0. The fourth-order valence-corrected chi connectivity index (χ4v) is 12.4. The van der Waals surface area contributed by atoms with E-state index < -0.39 is 5.41 Å². The Morgan fingerprint density at radius 1 is 0.390 bits per heavy atom. The summed E-state index contributed by atoms with van der Waals surface area (Å²) in [5.41, 5.74) is 12.5. The number of nitrogens with zero attached hydrogens (tertiary/aromatic N) is 1. The quantitative estimate of drug-likeness (QED) is 0.176. The molecule has 0 N–H and O–H groups in total. The van der Waals surface area contributed by atoms with Crippen molar-refractivity contribution in [2.24, 2.45) is 0 Å². The topological polar surface area (TPSA) is 12.5 Å². The van der Waals surface area contributed by atoms with Gasteiger partial charge in [-0.15, -0.1) is 22.7 Å². The van der Waals surface area contributed by atoms with E-state index in [4.69, 9.17) is 4.74 Å². The highest BCUT2D eigenvalue weighted by molar-refractivity contribution is 7.26. The molecule has 2 aromatic heterocycles. The van der Waals surface area contributed by atoms with Crippen molar-refractivity contribution in [3.8, 4) is 33.8 Å². The minimum Gasteiger partial charge on any atom is -0.454 e. The Kier molecular flexibility index (Phi) is 7.00. The molecular formula is C55H33NOS2. The summed E-state index contributed by atoms with van der Waals surface area (Å²) in [5.74, 6) is 1.75. The van der Waals surface area contributed by atoms with Gasteiger partial charge in [-0.25, -0.2) is 0 Å². The maximum absolute atomic E-state index is 7.31. The predicted molar refractivity (Wildman–Crippen MR) is 250 cm³/mol. The van der Waals surface area contributed by atoms with Crippen LogP contribution in [0, 0.1) is 0 Å². The van der Waals surface area contributed by atoms with Crippen molar-refractivity contribution in [3.63, 3.8) is 0 Å². The molecule has 13 rings (SSSR count). The molecule has 0 fully saturated rings. The maximum atomic E-state index is 7.31. The van der Waals surface area contributed by atoms with E-state index in [0.717, 1.165) is 34.1 Å². The normalized spacial score (nSPS) is 13.4. The first-order valence-corrected chi connectivity index (χ1v) is 21.7. The van der Waals surface area contributed by atoms with Crippen LogP contribution in [0.3, 0.4) is 0 Å². The van der Waals surface area contributed by atoms with E-state index in [2.05, 4.69) is 205 Å². The van der Waals surface area contributed by atoms with Gasteiger partial charge >= 0.3 is 0 Å². The highest BCUT2D eigenvalue weighted by atomic mass is 32.1. The highest BCUT2D eigenvalue weighted by Crippen LogP contribution is 2.64. The highest BCUT2D eigenvalue weighted by Gasteiger charge is 2.51. The Morgan fingerprint density at radius 2 is 0.966 bits per heavy atom. The minimum absolute atomic E-state index is 0.571. The average molecular weight is 788 g/mol. The summed E-state index contributed by atoms with van der Waals surface area (Å²) < 4.78 is 12.4. The fraction of sp³-hybridized carbons (Fsp3) is 0.0182. The zero-order valence-electron chi connectivity index (χ0n) is 31.7. The number of ether oxygens (including phenoxy) is 1. The second kappa shape index (κ2) is 12.5. The first kappa shape index (κ1) is 33.0. The molecule has 9 aromatic carbocycles. The molecule has 2 aliphatic rings. The molecule has 1 spiro atoms. The Bertz CT molecular complexity index is 3460. The van der Waals surface area contributed by atoms with Crippen molar-refractivity contribution in [1.82, 2.24) is 0 Å². The number of hydrogen-bond acceptors (Lipinski definition) is 4. The lowest BCUT2D eigenvalue weighted by Gasteiger charge is -2.41. The summed E-state index contributed by atoms with van der Waals surface area (Å²) in [6, 6.07) is 73.5. The van der Waals surface area contributed by atoms with Crippen molar-refractivity contribution in [2.75, 3.05) is 4.90 Å². The number of hydrogen-bond donors (Lipinski definition) is 0. The van der Waals surface area contributed by atoms with E-state index >= 15 is 0 Å². The van der Waals surface area contributed by atoms with Gasteiger partial charge in [-0.3, -0.25) is 0 Å². The molecule has 1 aliphatic carbocycles. The summed E-state index contributed by atoms with van der Waals surface area (Å²) in [6.07, 6.45) is 0. The first-order chi connectivity index (χ1) is 29.3. The zero-order valence-corrected chi connectivity index (χ0v) is 33.4. The second-order valence-electron chi connectivity index (χ2n) is 15.5. The van der Waals surface area contributed by atoms with E-state index in [1.807, 2.05) is 22.7 Å². The lowest BCUT2D eigenvalue weighted by Crippen LogP contribution is -2.32. The molecule has 2 nitrogen and oxygen atoms in total. The van der Waals surface area contributed by atoms with Gasteiger partial charge < -0.3 is 9.64 Å². The molecule has 4 heteroatoms. The third-order valence-corrected chi connectivity index (χ3v) is 14.8. The molecule has 11 aromatic rings. The van der Waals surface area contributed by atoms with Crippen LogP contribution >= 0.6 is 22.7 Å². The van der Waals surface area contributed by atoms with Crippen molar-refractivity contribution in [3.05, 3.63) is 222 Å². The van der Waals surface area contributed by atoms with E-state index in [0.29, 0.717) is 0 Å². The first-order valence-electron chi connectivity index (χ1n) is 20.1. The molecule has 0 unspecified atom stereocenters. The lowest BCUT2D eigenvalue weighted by molar-refractivity contribution is 0.437. The van der Waals surface area contributed by atoms with Gasteiger partial charge in [0, 0.05) is 57.2 Å². The van der Waals surface area contributed by atoms with Crippen molar-refractivity contribution in [2.45, 2.75) is 5.41 Å². The Balaban J connectivity index is 1.14. The van der Waals surface area contributed by atoms with Crippen LogP contribution in [0.5, 0.6) is 11.5 Å². The molecular weight excluding hydrogens is 755 g/mol. The summed E-state index contributed by atoms with van der Waals surface area (Å²) in [5, 5.41) is 5.04. The molecule has 0 atom stereocenters. The van der Waals surface area contributed by atoms with Crippen molar-refractivity contribution in [1.29, 1.82) is 0 Å². The molecule has 0 saturated heterocycles. The zero-order chi connectivity index (χ0) is 38.7. The summed E-state index contributed by atoms with van der Waals surface area (Å²) in [4.78, 5) is 2.47. The monoisotopic (exact) mass is 787 g/mol. The number of para-hydroxylation sites is 2. The standard InChI is InChI=1S/C55H33NOS2/c1-2-15-34(16-3-1)36-20-12-29-50-52(36)40-33-35(31-32-49(40)59-50)56(45-25-14-30-51-53(45)39-19-6-11-28-48(39)58-51)46-26-13-24-44-54(46)57-47-27-10-9-23-43(47)55(44)41-21-7-4-17-37(41)38-18-5-8-22-42(38)55/h1-33H. The summed E-state index contributed by atoms with van der Waals surface area (Å²) in [7, 11) is 0. The van der Waals surface area contributed by atoms with Gasteiger partial charge in [0.05, 0.1) is 16.8 Å². The molecule has 59 heavy (non-hydrogen) atoms. The van der Waals surface area contributed by atoms with Gasteiger partial charge in [0.1, 0.15) is 5.75 Å². The van der Waals surface area contributed by atoms with E-state index in [-0.39, 0.29) is 0 Å². The number of thiophene rings is 2. The maximum Gasteiger partial charge on any atom is 0.156 e. The van der Waals surface area contributed by atoms with Crippen LogP contribution in [0.25, 0.3) is 62.6 Å². The minimum atomic E-state index is -0.571. The van der Waals surface area contributed by atoms with Gasteiger partial charge in [0.15, 0.2) is 5.75 Å².